The molecule has 0 saturated carbocycles. The third-order valence-electron chi connectivity index (χ3n) is 4.46. The smallest absolute Gasteiger partial charge is 0.297 e. The van der Waals surface area contributed by atoms with E-state index in [-0.39, 0.29) is 24.8 Å². The predicted molar refractivity (Wildman–Crippen MR) is 108 cm³/mol. The van der Waals surface area contributed by atoms with E-state index in [2.05, 4.69) is 10.3 Å². The summed E-state index contributed by atoms with van der Waals surface area (Å²) in [6.07, 6.45) is 1.32. The minimum atomic E-state index is -3.15. The number of carbonyl (C=O) groups is 1. The number of amides is 1. The Kier molecular flexibility index (Phi) is 5.84. The Balaban J connectivity index is 1.93. The molecule has 1 aromatic heterocycles. The van der Waals surface area contributed by atoms with Crippen molar-refractivity contribution in [1.82, 2.24) is 14.9 Å². The minimum Gasteiger partial charge on any atom is -0.501 e. The van der Waals surface area contributed by atoms with Gasteiger partial charge in [0.05, 0.1) is 5.75 Å². The molecule has 3 rings (SSSR count). The maximum atomic E-state index is 12.5. The van der Waals surface area contributed by atoms with Gasteiger partial charge in [0.15, 0.2) is 5.69 Å². The molecule has 0 bridgehead atoms. The Morgan fingerprint density at radius 2 is 2.04 bits per heavy atom. The summed E-state index contributed by atoms with van der Waals surface area (Å²) in [5.41, 5.74) is -0.675. The molecular formula is C17H21ClN4O5S. The summed E-state index contributed by atoms with van der Waals surface area (Å²) >= 11 is 6.06. The number of hydrogen-bond acceptors (Lipinski definition) is 7. The minimum absolute atomic E-state index is 0.0725. The Morgan fingerprint density at radius 3 is 2.71 bits per heavy atom. The van der Waals surface area contributed by atoms with E-state index in [1.165, 1.54) is 11.4 Å². The molecule has 1 aliphatic rings. The van der Waals surface area contributed by atoms with Crippen LogP contribution in [0.1, 0.15) is 28.9 Å². The zero-order chi connectivity index (χ0) is 20.5. The highest BCUT2D eigenvalue weighted by Gasteiger charge is 2.32. The third kappa shape index (κ3) is 3.95. The number of hydrogen-bond donors (Lipinski definition) is 4. The van der Waals surface area contributed by atoms with Crippen LogP contribution in [0.15, 0.2) is 29.1 Å². The fourth-order valence-electron chi connectivity index (χ4n) is 2.90. The number of nitrogens with zero attached hydrogens (tertiary/aromatic N) is 3. The van der Waals surface area contributed by atoms with Crippen LogP contribution in [-0.4, -0.2) is 42.0 Å². The Hall–Kier alpha value is -2.27. The SMILES string of the molecule is Cn1c(N2CCCCS2(O)O)nc(C(=O)NCc2ccccc2Cl)c(O)c1=O. The molecule has 1 aliphatic heterocycles. The van der Waals surface area contributed by atoms with Gasteiger partial charge >= 0.3 is 0 Å². The highest BCUT2D eigenvalue weighted by molar-refractivity contribution is 8.25. The van der Waals surface area contributed by atoms with E-state index in [4.69, 9.17) is 11.6 Å². The van der Waals surface area contributed by atoms with Crippen molar-refractivity contribution in [1.29, 1.82) is 0 Å². The molecule has 1 fully saturated rings. The number of anilines is 1. The second kappa shape index (κ2) is 8.00. The van der Waals surface area contributed by atoms with Crippen LogP contribution in [0.25, 0.3) is 0 Å². The van der Waals surface area contributed by atoms with E-state index < -0.39 is 33.7 Å². The predicted octanol–water partition coefficient (Wildman–Crippen LogP) is 2.34. The lowest BCUT2D eigenvalue weighted by atomic mass is 10.2. The first-order valence-corrected chi connectivity index (χ1v) is 10.6. The van der Waals surface area contributed by atoms with Crippen LogP contribution >= 0.6 is 22.4 Å². The molecule has 1 amide bonds. The number of nitrogens with one attached hydrogen (secondary N) is 1. The molecule has 4 N–H and O–H groups in total. The molecule has 9 nitrogen and oxygen atoms in total. The average Bonchev–Trinajstić information content (AvgIpc) is 2.66. The Bertz CT molecular complexity index is 965. The van der Waals surface area contributed by atoms with Crippen LogP contribution in [0, 0.1) is 0 Å². The van der Waals surface area contributed by atoms with Crippen molar-refractivity contribution in [3.63, 3.8) is 0 Å². The Morgan fingerprint density at radius 1 is 1.32 bits per heavy atom. The molecule has 0 spiro atoms. The van der Waals surface area contributed by atoms with Gasteiger partial charge in [-0.25, -0.2) is 9.29 Å². The van der Waals surface area contributed by atoms with Gasteiger partial charge in [0.2, 0.25) is 11.7 Å². The largest absolute Gasteiger partial charge is 0.501 e. The van der Waals surface area contributed by atoms with Crippen molar-refractivity contribution in [3.05, 3.63) is 50.9 Å². The zero-order valence-electron chi connectivity index (χ0n) is 15.1. The molecule has 1 aromatic carbocycles. The summed E-state index contributed by atoms with van der Waals surface area (Å²) in [7, 11) is -1.80. The molecule has 1 saturated heterocycles. The summed E-state index contributed by atoms with van der Waals surface area (Å²) in [4.78, 5) is 29.0. The standard InChI is InChI=1S/C17H21ClN4O5S/c1-21-16(25)14(23)13(15(24)19-10-11-6-2-3-7-12(11)18)20-17(21)22-8-4-5-9-28(22,26)27/h2-3,6-7,23,26-27H,4-5,8-10H2,1H3,(H,19,24). The van der Waals surface area contributed by atoms with Crippen molar-refractivity contribution in [2.24, 2.45) is 7.05 Å². The third-order valence-corrected chi connectivity index (χ3v) is 6.72. The quantitative estimate of drug-likeness (QED) is 0.588. The highest BCUT2D eigenvalue weighted by atomic mass is 35.5. The number of aromatic nitrogens is 2. The van der Waals surface area contributed by atoms with Gasteiger partial charge in [-0.15, -0.1) is 10.8 Å². The molecule has 0 atom stereocenters. The second-order valence-electron chi connectivity index (χ2n) is 6.39. The second-order valence-corrected chi connectivity index (χ2v) is 8.91. The molecule has 0 unspecified atom stereocenters. The molecule has 11 heteroatoms. The van der Waals surface area contributed by atoms with Gasteiger partial charge < -0.3 is 10.4 Å². The number of halogens is 1. The van der Waals surface area contributed by atoms with Crippen molar-refractivity contribution in [3.8, 4) is 5.75 Å². The van der Waals surface area contributed by atoms with Crippen LogP contribution in [0.2, 0.25) is 5.02 Å². The summed E-state index contributed by atoms with van der Waals surface area (Å²) < 4.78 is 22.9. The lowest BCUT2D eigenvalue weighted by Gasteiger charge is -2.46. The topological polar surface area (TPSA) is 128 Å². The molecule has 0 radical (unpaired) electrons. The zero-order valence-corrected chi connectivity index (χ0v) is 16.7. The summed E-state index contributed by atoms with van der Waals surface area (Å²) in [5.74, 6) is -1.51. The average molecular weight is 429 g/mol. The number of benzene rings is 1. The summed E-state index contributed by atoms with van der Waals surface area (Å²) in [5, 5.41) is 13.2. The first-order chi connectivity index (χ1) is 13.2. The molecule has 2 heterocycles. The fourth-order valence-corrected chi connectivity index (χ4v) is 4.76. The van der Waals surface area contributed by atoms with E-state index in [0.29, 0.717) is 23.4 Å². The van der Waals surface area contributed by atoms with Gasteiger partial charge in [0.1, 0.15) is 0 Å². The van der Waals surface area contributed by atoms with Crippen molar-refractivity contribution >= 4 is 34.2 Å². The van der Waals surface area contributed by atoms with E-state index in [1.54, 1.807) is 24.3 Å². The van der Waals surface area contributed by atoms with Crippen LogP contribution in [0.3, 0.4) is 0 Å². The fraction of sp³-hybridized carbons (Fsp3) is 0.353. The van der Waals surface area contributed by atoms with Crippen molar-refractivity contribution < 1.29 is 19.0 Å². The molecule has 152 valence electrons. The van der Waals surface area contributed by atoms with Gasteiger partial charge in [-0.3, -0.25) is 23.3 Å². The molecule has 28 heavy (non-hydrogen) atoms. The lowest BCUT2D eigenvalue weighted by molar-refractivity contribution is 0.0942. The molecule has 0 aliphatic carbocycles. The van der Waals surface area contributed by atoms with Crippen LogP contribution in [0.4, 0.5) is 5.95 Å². The van der Waals surface area contributed by atoms with Crippen molar-refractivity contribution in [2.45, 2.75) is 19.4 Å². The van der Waals surface area contributed by atoms with E-state index >= 15 is 0 Å². The number of aromatic hydroxyl groups is 1. The van der Waals surface area contributed by atoms with Gasteiger partial charge in [-0.05, 0) is 24.5 Å². The summed E-state index contributed by atoms with van der Waals surface area (Å²) in [6.45, 7) is 0.344. The van der Waals surface area contributed by atoms with Crippen LogP contribution in [0.5, 0.6) is 5.75 Å². The molecular weight excluding hydrogens is 408 g/mol. The highest BCUT2D eigenvalue weighted by Crippen LogP contribution is 2.48. The monoisotopic (exact) mass is 428 g/mol. The van der Waals surface area contributed by atoms with E-state index in [9.17, 15) is 23.8 Å². The van der Waals surface area contributed by atoms with E-state index in [0.717, 1.165) is 4.57 Å². The summed E-state index contributed by atoms with van der Waals surface area (Å²) in [6, 6.07) is 6.93. The van der Waals surface area contributed by atoms with Gasteiger partial charge in [-0.1, -0.05) is 29.8 Å². The first-order valence-electron chi connectivity index (χ1n) is 8.57. The van der Waals surface area contributed by atoms with Crippen LogP contribution in [-0.2, 0) is 13.6 Å². The lowest BCUT2D eigenvalue weighted by Crippen LogP contribution is -2.39. The van der Waals surface area contributed by atoms with E-state index in [1.807, 2.05) is 0 Å². The number of rotatable bonds is 4. The number of carbonyl (C=O) groups excluding carboxylic acids is 1. The maximum absolute atomic E-state index is 12.5. The Labute approximate surface area is 168 Å². The van der Waals surface area contributed by atoms with Crippen LogP contribution < -0.4 is 15.2 Å². The van der Waals surface area contributed by atoms with Gasteiger partial charge in [-0.2, -0.15) is 0 Å². The maximum Gasteiger partial charge on any atom is 0.297 e. The molecule has 2 aromatic rings. The normalized spacial score (nSPS) is 17.2. The van der Waals surface area contributed by atoms with Crippen molar-refractivity contribution in [2.75, 3.05) is 16.6 Å². The van der Waals surface area contributed by atoms with Gasteiger partial charge in [0.25, 0.3) is 11.5 Å². The van der Waals surface area contributed by atoms with Gasteiger partial charge in [0, 0.05) is 25.2 Å². The first kappa shape index (κ1) is 20.5.